The highest BCUT2D eigenvalue weighted by molar-refractivity contribution is 5.96. The summed E-state index contributed by atoms with van der Waals surface area (Å²) >= 11 is 0. The number of Topliss-reactive ketones (excluding diaryl/α,β-unsaturated/α-hetero) is 1. The van der Waals surface area contributed by atoms with Crippen molar-refractivity contribution in [2.24, 2.45) is 5.92 Å². The molecule has 1 aliphatic rings. The summed E-state index contributed by atoms with van der Waals surface area (Å²) in [6, 6.07) is 12.6. The van der Waals surface area contributed by atoms with E-state index in [9.17, 15) is 18.8 Å². The molecule has 1 aliphatic heterocycles. The maximum absolute atomic E-state index is 13.0. The van der Waals surface area contributed by atoms with Crippen molar-refractivity contribution in [3.8, 4) is 0 Å². The molecule has 4 rings (SSSR count). The maximum Gasteiger partial charge on any atom is 0.328 e. The Morgan fingerprint density at radius 3 is 2.62 bits per heavy atom. The number of H-pyrrole nitrogens is 1. The number of fused-ring (bicyclic) bond motifs is 1. The standard InChI is InChI=1S/C22H22FN3O3/c23-17-7-5-16(6-8-17)20(27)13-15-9-10-25(14-15)11-12-26-21(28)18-3-1-2-4-19(18)24-22(26)29/h1-8,15H,9-14H2,(H,24,29). The first-order chi connectivity index (χ1) is 14.0. The third-order valence-corrected chi connectivity index (χ3v) is 5.54. The van der Waals surface area contributed by atoms with E-state index in [1.165, 1.54) is 28.8 Å². The molecular weight excluding hydrogens is 373 g/mol. The second-order valence-electron chi connectivity index (χ2n) is 7.52. The largest absolute Gasteiger partial charge is 0.328 e. The quantitative estimate of drug-likeness (QED) is 0.651. The lowest BCUT2D eigenvalue weighted by Gasteiger charge is -2.16. The van der Waals surface area contributed by atoms with Crippen LogP contribution in [0.1, 0.15) is 23.2 Å². The van der Waals surface area contributed by atoms with Gasteiger partial charge in [-0.1, -0.05) is 12.1 Å². The molecule has 0 saturated carbocycles. The molecule has 1 unspecified atom stereocenters. The van der Waals surface area contributed by atoms with Crippen molar-refractivity contribution in [2.75, 3.05) is 19.6 Å². The number of rotatable bonds is 6. The molecule has 0 amide bonds. The second-order valence-corrected chi connectivity index (χ2v) is 7.52. The fourth-order valence-corrected chi connectivity index (χ4v) is 3.94. The van der Waals surface area contributed by atoms with Crippen LogP contribution in [0.2, 0.25) is 0 Å². The Hall–Kier alpha value is -3.06. The smallest absolute Gasteiger partial charge is 0.307 e. The molecule has 29 heavy (non-hydrogen) atoms. The van der Waals surface area contributed by atoms with Crippen LogP contribution in [0.4, 0.5) is 4.39 Å². The average molecular weight is 395 g/mol. The summed E-state index contributed by atoms with van der Waals surface area (Å²) in [5, 5.41) is 0.497. The van der Waals surface area contributed by atoms with Crippen LogP contribution in [0, 0.1) is 11.7 Å². The molecule has 2 aromatic carbocycles. The molecule has 0 radical (unpaired) electrons. The van der Waals surface area contributed by atoms with Gasteiger partial charge >= 0.3 is 5.69 Å². The van der Waals surface area contributed by atoms with Gasteiger partial charge in [-0.2, -0.15) is 0 Å². The highest BCUT2D eigenvalue weighted by atomic mass is 19.1. The SMILES string of the molecule is O=C(CC1CCN(CCn2c(=O)[nH]c3ccccc3c2=O)C1)c1ccc(F)cc1. The van der Waals surface area contributed by atoms with Gasteiger partial charge in [-0.15, -0.1) is 0 Å². The number of hydrogen-bond donors (Lipinski definition) is 1. The van der Waals surface area contributed by atoms with E-state index in [4.69, 9.17) is 0 Å². The molecule has 1 saturated heterocycles. The third-order valence-electron chi connectivity index (χ3n) is 5.54. The van der Waals surface area contributed by atoms with E-state index < -0.39 is 5.69 Å². The molecule has 0 bridgehead atoms. The van der Waals surface area contributed by atoms with E-state index in [0.717, 1.165) is 19.5 Å². The lowest BCUT2D eigenvalue weighted by Crippen LogP contribution is -2.38. The van der Waals surface area contributed by atoms with Gasteiger partial charge in [-0.3, -0.25) is 14.2 Å². The van der Waals surface area contributed by atoms with Crippen LogP contribution in [0.25, 0.3) is 10.9 Å². The molecule has 1 fully saturated rings. The van der Waals surface area contributed by atoms with Crippen molar-refractivity contribution in [1.29, 1.82) is 0 Å². The van der Waals surface area contributed by atoms with Gasteiger partial charge in [0.25, 0.3) is 5.56 Å². The van der Waals surface area contributed by atoms with Gasteiger partial charge in [-0.05, 0) is 55.3 Å². The minimum Gasteiger partial charge on any atom is -0.307 e. The van der Waals surface area contributed by atoms with E-state index in [0.29, 0.717) is 36.0 Å². The molecule has 0 aliphatic carbocycles. The summed E-state index contributed by atoms with van der Waals surface area (Å²) in [5.74, 6) is -0.120. The highest BCUT2D eigenvalue weighted by Crippen LogP contribution is 2.21. The Labute approximate surface area is 166 Å². The zero-order valence-electron chi connectivity index (χ0n) is 15.9. The molecule has 7 heteroatoms. The Morgan fingerprint density at radius 1 is 1.07 bits per heavy atom. The maximum atomic E-state index is 13.0. The molecule has 1 atom stereocenters. The molecule has 0 spiro atoms. The fraction of sp³-hybridized carbons (Fsp3) is 0.318. The van der Waals surface area contributed by atoms with Gasteiger partial charge in [0.05, 0.1) is 10.9 Å². The van der Waals surface area contributed by atoms with Crippen LogP contribution in [0.5, 0.6) is 0 Å². The topological polar surface area (TPSA) is 75.2 Å². The van der Waals surface area contributed by atoms with Crippen molar-refractivity contribution in [3.05, 3.63) is 80.7 Å². The summed E-state index contributed by atoms with van der Waals surface area (Å²) in [6.45, 7) is 2.44. The number of hydrogen-bond acceptors (Lipinski definition) is 4. The lowest BCUT2D eigenvalue weighted by molar-refractivity contribution is 0.0962. The van der Waals surface area contributed by atoms with Gasteiger partial charge in [0.2, 0.25) is 0 Å². The van der Waals surface area contributed by atoms with E-state index in [2.05, 4.69) is 9.88 Å². The molecule has 150 valence electrons. The van der Waals surface area contributed by atoms with Crippen molar-refractivity contribution in [3.63, 3.8) is 0 Å². The monoisotopic (exact) mass is 395 g/mol. The number of ketones is 1. The molecule has 1 aromatic heterocycles. The number of nitrogens with zero attached hydrogens (tertiary/aromatic N) is 2. The van der Waals surface area contributed by atoms with Crippen LogP contribution < -0.4 is 11.2 Å². The minimum absolute atomic E-state index is 0.0130. The molecule has 3 aromatic rings. The molecule has 1 N–H and O–H groups in total. The van der Waals surface area contributed by atoms with Crippen LogP contribution in [-0.4, -0.2) is 39.9 Å². The predicted molar refractivity (Wildman–Crippen MR) is 109 cm³/mol. The fourth-order valence-electron chi connectivity index (χ4n) is 3.94. The van der Waals surface area contributed by atoms with Gasteiger partial charge in [0.1, 0.15) is 5.82 Å². The van der Waals surface area contributed by atoms with E-state index in [1.54, 1.807) is 24.3 Å². The summed E-state index contributed by atoms with van der Waals surface area (Å²) in [7, 11) is 0. The average Bonchev–Trinajstić information content (AvgIpc) is 3.15. The Kier molecular flexibility index (Phi) is 5.40. The normalized spacial score (nSPS) is 17.1. The zero-order chi connectivity index (χ0) is 20.4. The van der Waals surface area contributed by atoms with Crippen LogP contribution >= 0.6 is 0 Å². The number of nitrogens with one attached hydrogen (secondary N) is 1. The van der Waals surface area contributed by atoms with Crippen molar-refractivity contribution in [1.82, 2.24) is 14.5 Å². The first-order valence-electron chi connectivity index (χ1n) is 9.74. The van der Waals surface area contributed by atoms with Gasteiger partial charge in [0.15, 0.2) is 5.78 Å². The second kappa shape index (κ2) is 8.13. The molecule has 6 nitrogen and oxygen atoms in total. The Bertz CT molecular complexity index is 1150. The summed E-state index contributed by atoms with van der Waals surface area (Å²) < 4.78 is 14.2. The van der Waals surface area contributed by atoms with Crippen LogP contribution in [0.3, 0.4) is 0 Å². The first kappa shape index (κ1) is 19.3. The summed E-state index contributed by atoms with van der Waals surface area (Å²) in [4.78, 5) is 42.2. The van der Waals surface area contributed by atoms with Crippen molar-refractivity contribution in [2.45, 2.75) is 19.4 Å². The van der Waals surface area contributed by atoms with Gasteiger partial charge < -0.3 is 9.88 Å². The number of carbonyl (C=O) groups is 1. The van der Waals surface area contributed by atoms with Gasteiger partial charge in [0, 0.05) is 31.6 Å². The number of aromatic amines is 1. The van der Waals surface area contributed by atoms with E-state index >= 15 is 0 Å². The number of benzene rings is 2. The molecule has 2 heterocycles. The first-order valence-corrected chi connectivity index (χ1v) is 9.74. The zero-order valence-corrected chi connectivity index (χ0v) is 15.9. The van der Waals surface area contributed by atoms with E-state index in [-0.39, 0.29) is 23.1 Å². The van der Waals surface area contributed by atoms with Crippen LogP contribution in [-0.2, 0) is 6.54 Å². The number of halogens is 1. The third kappa shape index (κ3) is 4.19. The summed E-state index contributed by atoms with van der Waals surface area (Å²) in [6.07, 6.45) is 1.30. The minimum atomic E-state index is -0.407. The van der Waals surface area contributed by atoms with Crippen molar-refractivity contribution < 1.29 is 9.18 Å². The summed E-state index contributed by atoms with van der Waals surface area (Å²) in [5.41, 5.74) is 0.376. The van der Waals surface area contributed by atoms with Gasteiger partial charge in [-0.25, -0.2) is 9.18 Å². The van der Waals surface area contributed by atoms with Crippen LogP contribution in [0.15, 0.2) is 58.1 Å². The van der Waals surface area contributed by atoms with Crippen molar-refractivity contribution >= 4 is 16.7 Å². The lowest BCUT2D eigenvalue weighted by atomic mass is 9.98. The number of para-hydroxylation sites is 1. The number of aromatic nitrogens is 2. The Morgan fingerprint density at radius 2 is 1.83 bits per heavy atom. The number of carbonyl (C=O) groups excluding carboxylic acids is 1. The number of likely N-dealkylation sites (tertiary alicyclic amines) is 1. The highest BCUT2D eigenvalue weighted by Gasteiger charge is 2.25. The molecular formula is C22H22FN3O3. The van der Waals surface area contributed by atoms with E-state index in [1.807, 2.05) is 0 Å². The Balaban J connectivity index is 1.37. The predicted octanol–water partition coefficient (Wildman–Crippen LogP) is 2.42.